The predicted molar refractivity (Wildman–Crippen MR) is 170 cm³/mol. The second-order valence-corrected chi connectivity index (χ2v) is 15.3. The standard InChI is InChI=1S/C35H47N2OP/c1-4-35(2,3)37-27-25-30(26-28-37)36-34(38)24-16-5-6-17-29-39(31-18-10-7-11-19-31,32-20-12-8-13-21-32)33-22-14-9-15-23-33/h7-15,18-23,30H,4-6,16-17,24-29H2,1-3H3/p+1. The van der Waals surface area contributed by atoms with Crippen molar-refractivity contribution in [3.05, 3.63) is 91.0 Å². The third-order valence-corrected chi connectivity index (χ3v) is 13.3. The molecule has 1 aliphatic heterocycles. The third-order valence-electron chi connectivity index (χ3n) is 8.82. The second kappa shape index (κ2) is 14.2. The number of unbranched alkanes of at least 4 members (excludes halogenated alkanes) is 3. The number of piperidine rings is 1. The van der Waals surface area contributed by atoms with Gasteiger partial charge in [0.1, 0.15) is 23.2 Å². The maximum absolute atomic E-state index is 12.7. The topological polar surface area (TPSA) is 32.3 Å². The Bertz CT molecular complexity index is 1030. The summed E-state index contributed by atoms with van der Waals surface area (Å²) in [6, 6.07) is 33.8. The minimum absolute atomic E-state index is 0.239. The monoisotopic (exact) mass is 543 g/mol. The highest BCUT2D eigenvalue weighted by molar-refractivity contribution is 7.95. The van der Waals surface area contributed by atoms with Crippen molar-refractivity contribution in [2.24, 2.45) is 0 Å². The molecule has 208 valence electrons. The normalized spacial score (nSPS) is 15.3. The van der Waals surface area contributed by atoms with E-state index < -0.39 is 7.26 Å². The molecule has 39 heavy (non-hydrogen) atoms. The van der Waals surface area contributed by atoms with Gasteiger partial charge in [0.25, 0.3) is 0 Å². The van der Waals surface area contributed by atoms with Gasteiger partial charge in [0, 0.05) is 31.1 Å². The zero-order valence-electron chi connectivity index (χ0n) is 24.3. The molecule has 0 spiro atoms. The Morgan fingerprint density at radius 1 is 0.769 bits per heavy atom. The molecule has 4 rings (SSSR count). The lowest BCUT2D eigenvalue weighted by atomic mass is 9.94. The molecule has 1 saturated heterocycles. The lowest BCUT2D eigenvalue weighted by molar-refractivity contribution is -0.122. The molecule has 1 fully saturated rings. The molecule has 0 bridgehead atoms. The van der Waals surface area contributed by atoms with Crippen LogP contribution in [0.4, 0.5) is 0 Å². The first-order valence-corrected chi connectivity index (χ1v) is 17.0. The van der Waals surface area contributed by atoms with Crippen LogP contribution in [0, 0.1) is 0 Å². The Balaban J connectivity index is 1.30. The van der Waals surface area contributed by atoms with Gasteiger partial charge in [-0.05, 0) is 88.8 Å². The minimum Gasteiger partial charge on any atom is -0.353 e. The van der Waals surface area contributed by atoms with Gasteiger partial charge >= 0.3 is 0 Å². The summed E-state index contributed by atoms with van der Waals surface area (Å²) >= 11 is 0. The SMILES string of the molecule is CCC(C)(C)N1CCC(NC(=O)CCCCCC[P+](c2ccccc2)(c2ccccc2)c2ccccc2)CC1. The predicted octanol–water partition coefficient (Wildman–Crippen LogP) is 6.70. The van der Waals surface area contributed by atoms with Crippen molar-refractivity contribution in [1.82, 2.24) is 10.2 Å². The number of hydrogen-bond donors (Lipinski definition) is 1. The lowest BCUT2D eigenvalue weighted by Gasteiger charge is -2.42. The molecule has 0 atom stereocenters. The Morgan fingerprint density at radius 2 is 1.23 bits per heavy atom. The van der Waals surface area contributed by atoms with Crippen LogP contribution < -0.4 is 21.2 Å². The van der Waals surface area contributed by atoms with Crippen LogP contribution in [0.5, 0.6) is 0 Å². The van der Waals surface area contributed by atoms with Crippen molar-refractivity contribution in [2.75, 3.05) is 19.3 Å². The van der Waals surface area contributed by atoms with E-state index in [-0.39, 0.29) is 11.4 Å². The molecule has 0 aliphatic carbocycles. The first-order chi connectivity index (χ1) is 19.0. The van der Waals surface area contributed by atoms with E-state index in [9.17, 15) is 4.79 Å². The Morgan fingerprint density at radius 3 is 1.69 bits per heavy atom. The van der Waals surface area contributed by atoms with Crippen molar-refractivity contribution < 1.29 is 4.79 Å². The van der Waals surface area contributed by atoms with Crippen LogP contribution in [0.15, 0.2) is 91.0 Å². The van der Waals surface area contributed by atoms with Gasteiger partial charge in [0.15, 0.2) is 0 Å². The lowest BCUT2D eigenvalue weighted by Crippen LogP contribution is -2.51. The average Bonchev–Trinajstić information content (AvgIpc) is 2.98. The molecule has 0 aromatic heterocycles. The van der Waals surface area contributed by atoms with Gasteiger partial charge < -0.3 is 5.32 Å². The first-order valence-electron chi connectivity index (χ1n) is 15.0. The zero-order valence-corrected chi connectivity index (χ0v) is 25.2. The number of rotatable bonds is 13. The molecule has 3 nitrogen and oxygen atoms in total. The number of amides is 1. The summed E-state index contributed by atoms with van der Waals surface area (Å²) in [6.45, 7) is 9.09. The number of carbonyl (C=O) groups excluding carboxylic acids is 1. The smallest absolute Gasteiger partial charge is 0.220 e. The number of nitrogens with zero attached hydrogens (tertiary/aromatic N) is 1. The molecule has 1 N–H and O–H groups in total. The van der Waals surface area contributed by atoms with Crippen LogP contribution in [-0.2, 0) is 4.79 Å². The van der Waals surface area contributed by atoms with Crippen LogP contribution in [0.1, 0.15) is 72.1 Å². The number of hydrogen-bond acceptors (Lipinski definition) is 2. The van der Waals surface area contributed by atoms with Crippen molar-refractivity contribution in [3.63, 3.8) is 0 Å². The first kappa shape index (κ1) is 29.5. The summed E-state index contributed by atoms with van der Waals surface area (Å²) in [5, 5.41) is 7.69. The molecule has 1 heterocycles. The molecule has 0 radical (unpaired) electrons. The summed E-state index contributed by atoms with van der Waals surface area (Å²) in [4.78, 5) is 15.3. The van der Waals surface area contributed by atoms with Gasteiger partial charge in [-0.2, -0.15) is 0 Å². The maximum Gasteiger partial charge on any atom is 0.220 e. The highest BCUT2D eigenvalue weighted by Gasteiger charge is 2.44. The van der Waals surface area contributed by atoms with E-state index in [1.54, 1.807) is 0 Å². The van der Waals surface area contributed by atoms with Gasteiger partial charge in [-0.15, -0.1) is 0 Å². The van der Waals surface area contributed by atoms with Crippen molar-refractivity contribution in [3.8, 4) is 0 Å². The Hall–Kier alpha value is -2.48. The summed E-state index contributed by atoms with van der Waals surface area (Å²) in [5.74, 6) is 0.239. The maximum atomic E-state index is 12.7. The molecular formula is C35H48N2OP+. The number of carbonyl (C=O) groups is 1. The second-order valence-electron chi connectivity index (χ2n) is 11.7. The van der Waals surface area contributed by atoms with Crippen LogP contribution >= 0.6 is 7.26 Å². The average molecular weight is 544 g/mol. The van der Waals surface area contributed by atoms with Crippen molar-refractivity contribution >= 4 is 29.1 Å². The summed E-state index contributed by atoms with van der Waals surface area (Å²) in [5.41, 5.74) is 0.260. The molecule has 0 saturated carbocycles. The summed E-state index contributed by atoms with van der Waals surface area (Å²) in [7, 11) is -1.75. The molecular weight excluding hydrogens is 495 g/mol. The summed E-state index contributed by atoms with van der Waals surface area (Å²) < 4.78 is 0. The Kier molecular flexibility index (Phi) is 10.8. The fraction of sp³-hybridized carbons (Fsp3) is 0.457. The van der Waals surface area contributed by atoms with Crippen LogP contribution in [0.25, 0.3) is 0 Å². The minimum atomic E-state index is -1.75. The Labute approximate surface area is 237 Å². The van der Waals surface area contributed by atoms with Gasteiger partial charge in [-0.3, -0.25) is 9.69 Å². The van der Waals surface area contributed by atoms with E-state index in [0.717, 1.165) is 57.8 Å². The van der Waals surface area contributed by atoms with E-state index in [2.05, 4.69) is 122 Å². The van der Waals surface area contributed by atoms with Crippen molar-refractivity contribution in [1.29, 1.82) is 0 Å². The molecule has 0 unspecified atom stereocenters. The number of likely N-dealkylation sites (tertiary alicyclic amines) is 1. The van der Waals surface area contributed by atoms with E-state index in [1.165, 1.54) is 22.3 Å². The molecule has 3 aromatic carbocycles. The van der Waals surface area contributed by atoms with E-state index >= 15 is 0 Å². The quantitative estimate of drug-likeness (QED) is 0.192. The van der Waals surface area contributed by atoms with E-state index in [1.807, 2.05) is 0 Å². The zero-order chi connectivity index (χ0) is 27.6. The molecule has 1 amide bonds. The highest BCUT2D eigenvalue weighted by atomic mass is 31.2. The van der Waals surface area contributed by atoms with Crippen LogP contribution in [-0.4, -0.2) is 41.6 Å². The highest BCUT2D eigenvalue weighted by Crippen LogP contribution is 2.56. The number of benzene rings is 3. The van der Waals surface area contributed by atoms with E-state index in [4.69, 9.17) is 0 Å². The fourth-order valence-electron chi connectivity index (χ4n) is 6.02. The summed E-state index contributed by atoms with van der Waals surface area (Å²) in [6.07, 6.45) is 9.51. The van der Waals surface area contributed by atoms with E-state index in [0.29, 0.717) is 12.5 Å². The number of nitrogens with one attached hydrogen (secondary N) is 1. The van der Waals surface area contributed by atoms with Crippen LogP contribution in [0.3, 0.4) is 0 Å². The largest absolute Gasteiger partial charge is 0.353 e. The van der Waals surface area contributed by atoms with Gasteiger partial charge in [0.05, 0.1) is 6.16 Å². The fourth-order valence-corrected chi connectivity index (χ4v) is 10.4. The molecule has 1 aliphatic rings. The van der Waals surface area contributed by atoms with Crippen molar-refractivity contribution in [2.45, 2.75) is 83.7 Å². The van der Waals surface area contributed by atoms with Gasteiger partial charge in [0.2, 0.25) is 5.91 Å². The van der Waals surface area contributed by atoms with Gasteiger partial charge in [-0.25, -0.2) is 0 Å². The van der Waals surface area contributed by atoms with Crippen LogP contribution in [0.2, 0.25) is 0 Å². The van der Waals surface area contributed by atoms with Gasteiger partial charge in [-0.1, -0.05) is 67.9 Å². The molecule has 3 aromatic rings. The third kappa shape index (κ3) is 7.59. The molecule has 4 heteroatoms.